The first kappa shape index (κ1) is 16.9. The van der Waals surface area contributed by atoms with Crippen molar-refractivity contribution in [2.75, 3.05) is 25.4 Å². The molecule has 0 bridgehead atoms. The van der Waals surface area contributed by atoms with Crippen molar-refractivity contribution < 1.29 is 8.42 Å². The zero-order valence-corrected chi connectivity index (χ0v) is 14.8. The number of nitrogens with one attached hydrogen (secondary N) is 1. The number of piperidine rings is 1. The van der Waals surface area contributed by atoms with Crippen molar-refractivity contribution in [2.45, 2.75) is 44.0 Å². The largest absolute Gasteiger partial charge is 0.311 e. The van der Waals surface area contributed by atoms with Gasteiger partial charge in [-0.3, -0.25) is 4.90 Å². The molecule has 2 saturated heterocycles. The Balaban J connectivity index is 1.53. The van der Waals surface area contributed by atoms with Gasteiger partial charge >= 0.3 is 0 Å². The quantitative estimate of drug-likeness (QED) is 0.894. The van der Waals surface area contributed by atoms with E-state index in [0.717, 1.165) is 38.9 Å². The van der Waals surface area contributed by atoms with Gasteiger partial charge in [0.15, 0.2) is 9.84 Å². The van der Waals surface area contributed by atoms with E-state index in [1.807, 2.05) is 0 Å². The molecule has 4 nitrogen and oxygen atoms in total. The highest BCUT2D eigenvalue weighted by molar-refractivity contribution is 7.92. The molecule has 2 fully saturated rings. The van der Waals surface area contributed by atoms with Gasteiger partial charge in [0.25, 0.3) is 0 Å². The highest BCUT2D eigenvalue weighted by Gasteiger charge is 2.32. The Morgan fingerprint density at radius 2 is 2.00 bits per heavy atom. The molecule has 1 aromatic carbocycles. The lowest BCUT2D eigenvalue weighted by molar-refractivity contribution is 0.142. The smallest absolute Gasteiger partial charge is 0.154 e. The molecule has 3 rings (SSSR count). The molecule has 0 saturated carbocycles. The Morgan fingerprint density at radius 3 is 2.70 bits per heavy atom. The molecule has 0 spiro atoms. The van der Waals surface area contributed by atoms with Crippen molar-refractivity contribution in [3.63, 3.8) is 0 Å². The van der Waals surface area contributed by atoms with E-state index in [1.165, 1.54) is 5.56 Å². The third-order valence-electron chi connectivity index (χ3n) is 5.08. The summed E-state index contributed by atoms with van der Waals surface area (Å²) in [5.74, 6) is 1.02. The van der Waals surface area contributed by atoms with Gasteiger partial charge in [0.2, 0.25) is 0 Å². The lowest BCUT2D eigenvalue weighted by atomic mass is 9.95. The highest BCUT2D eigenvalue weighted by Crippen LogP contribution is 2.22. The summed E-state index contributed by atoms with van der Waals surface area (Å²) < 4.78 is 23.9. The van der Waals surface area contributed by atoms with Crippen LogP contribution in [0, 0.1) is 5.92 Å². The molecule has 0 radical (unpaired) electrons. The van der Waals surface area contributed by atoms with Crippen molar-refractivity contribution >= 4 is 9.84 Å². The Hall–Kier alpha value is -0.910. The molecule has 0 aromatic heterocycles. The average Bonchev–Trinajstić information content (AvgIpc) is 2.84. The number of likely N-dealkylation sites (tertiary alicyclic amines) is 1. The fraction of sp³-hybridized carbons (Fsp3) is 0.667. The maximum atomic E-state index is 12.0. The van der Waals surface area contributed by atoms with Crippen molar-refractivity contribution in [3.8, 4) is 0 Å². The summed E-state index contributed by atoms with van der Waals surface area (Å²) in [7, 11) is -2.84. The molecule has 2 aliphatic heterocycles. The zero-order chi connectivity index (χ0) is 16.3. The van der Waals surface area contributed by atoms with Gasteiger partial charge in [-0.1, -0.05) is 37.3 Å². The minimum atomic E-state index is -2.84. The Kier molecular flexibility index (Phi) is 5.39. The second kappa shape index (κ2) is 7.32. The second-order valence-electron chi connectivity index (χ2n) is 7.26. The Labute approximate surface area is 140 Å². The number of nitrogens with zero attached hydrogens (tertiary/aromatic N) is 1. The van der Waals surface area contributed by atoms with Crippen LogP contribution < -0.4 is 5.32 Å². The van der Waals surface area contributed by atoms with Crippen LogP contribution in [0.2, 0.25) is 0 Å². The molecule has 1 aromatic rings. The van der Waals surface area contributed by atoms with Gasteiger partial charge in [-0.25, -0.2) is 8.42 Å². The van der Waals surface area contributed by atoms with E-state index in [2.05, 4.69) is 47.5 Å². The monoisotopic (exact) mass is 336 g/mol. The number of hydrogen-bond donors (Lipinski definition) is 1. The van der Waals surface area contributed by atoms with Crippen LogP contribution in [0.3, 0.4) is 0 Å². The van der Waals surface area contributed by atoms with E-state index in [-0.39, 0.29) is 5.25 Å². The molecule has 128 valence electrons. The molecular weight excluding hydrogens is 308 g/mol. The van der Waals surface area contributed by atoms with Gasteiger partial charge < -0.3 is 5.32 Å². The third kappa shape index (κ3) is 4.55. The van der Waals surface area contributed by atoms with Crippen LogP contribution in [0.15, 0.2) is 30.3 Å². The van der Waals surface area contributed by atoms with Crippen LogP contribution in [-0.4, -0.2) is 50.0 Å². The van der Waals surface area contributed by atoms with Crippen LogP contribution in [0.5, 0.6) is 0 Å². The summed E-state index contributed by atoms with van der Waals surface area (Å²) in [5.41, 5.74) is 1.35. The predicted octanol–water partition coefficient (Wildman–Crippen LogP) is 2.06. The van der Waals surface area contributed by atoms with Crippen molar-refractivity contribution in [1.82, 2.24) is 10.2 Å². The van der Waals surface area contributed by atoms with Gasteiger partial charge in [-0.05, 0) is 30.7 Å². The summed E-state index contributed by atoms with van der Waals surface area (Å²) >= 11 is 0. The SMILES string of the molecule is C[C@@H]1C[C@H](NC[C@H]2CCCS2(=O)=O)CN(Cc2ccccc2)C1. The van der Waals surface area contributed by atoms with E-state index < -0.39 is 9.84 Å². The first-order chi connectivity index (χ1) is 11.0. The van der Waals surface area contributed by atoms with Crippen molar-refractivity contribution in [3.05, 3.63) is 35.9 Å². The first-order valence-electron chi connectivity index (χ1n) is 8.74. The predicted molar refractivity (Wildman–Crippen MR) is 94.1 cm³/mol. The summed E-state index contributed by atoms with van der Waals surface area (Å²) in [6, 6.07) is 11.0. The van der Waals surface area contributed by atoms with E-state index in [9.17, 15) is 8.42 Å². The van der Waals surface area contributed by atoms with Gasteiger partial charge in [0.05, 0.1) is 11.0 Å². The fourth-order valence-corrected chi connectivity index (χ4v) is 5.74. The van der Waals surface area contributed by atoms with Gasteiger partial charge in [0, 0.05) is 32.2 Å². The highest BCUT2D eigenvalue weighted by atomic mass is 32.2. The molecule has 1 N–H and O–H groups in total. The minimum Gasteiger partial charge on any atom is -0.311 e. The summed E-state index contributed by atoms with van der Waals surface area (Å²) in [6.45, 7) is 6.02. The molecule has 0 unspecified atom stereocenters. The molecule has 0 amide bonds. The third-order valence-corrected chi connectivity index (χ3v) is 7.36. The maximum absolute atomic E-state index is 12.0. The van der Waals surface area contributed by atoms with Gasteiger partial charge in [-0.2, -0.15) is 0 Å². The molecule has 23 heavy (non-hydrogen) atoms. The van der Waals surface area contributed by atoms with Crippen LogP contribution in [0.25, 0.3) is 0 Å². The normalized spacial score (nSPS) is 31.3. The second-order valence-corrected chi connectivity index (χ2v) is 9.66. The Bertz CT molecular complexity index is 603. The summed E-state index contributed by atoms with van der Waals surface area (Å²) in [4.78, 5) is 2.49. The molecule has 0 aliphatic carbocycles. The molecule has 2 heterocycles. The Morgan fingerprint density at radius 1 is 1.22 bits per heavy atom. The van der Waals surface area contributed by atoms with Crippen molar-refractivity contribution in [1.29, 1.82) is 0 Å². The average molecular weight is 337 g/mol. The fourth-order valence-electron chi connectivity index (χ4n) is 3.97. The van der Waals surface area contributed by atoms with Crippen LogP contribution in [0.4, 0.5) is 0 Å². The van der Waals surface area contributed by atoms with Crippen LogP contribution in [0.1, 0.15) is 31.7 Å². The summed E-state index contributed by atoms with van der Waals surface area (Å²) in [5, 5.41) is 3.38. The van der Waals surface area contributed by atoms with Crippen molar-refractivity contribution in [2.24, 2.45) is 5.92 Å². The van der Waals surface area contributed by atoms with E-state index in [4.69, 9.17) is 0 Å². The summed E-state index contributed by atoms with van der Waals surface area (Å²) in [6.07, 6.45) is 2.79. The molecular formula is C18H28N2O2S. The van der Waals surface area contributed by atoms with E-state index in [1.54, 1.807) is 0 Å². The van der Waals surface area contributed by atoms with Gasteiger partial charge in [-0.15, -0.1) is 0 Å². The van der Waals surface area contributed by atoms with Gasteiger partial charge in [0.1, 0.15) is 0 Å². The molecule has 3 atom stereocenters. The minimum absolute atomic E-state index is 0.165. The zero-order valence-electron chi connectivity index (χ0n) is 13.9. The molecule has 5 heteroatoms. The van der Waals surface area contributed by atoms with E-state index >= 15 is 0 Å². The number of rotatable bonds is 5. The number of hydrogen-bond acceptors (Lipinski definition) is 4. The lowest BCUT2D eigenvalue weighted by Crippen LogP contribution is -2.50. The van der Waals surface area contributed by atoms with Crippen LogP contribution >= 0.6 is 0 Å². The van der Waals surface area contributed by atoms with Crippen LogP contribution in [-0.2, 0) is 16.4 Å². The topological polar surface area (TPSA) is 49.4 Å². The first-order valence-corrected chi connectivity index (χ1v) is 10.5. The number of benzene rings is 1. The number of sulfone groups is 1. The molecule has 2 aliphatic rings. The standard InChI is InChI=1S/C18H28N2O2S/c1-15-10-17(19-11-18-8-5-9-23(18,21)22)14-20(12-15)13-16-6-3-2-4-7-16/h2-4,6-7,15,17-19H,5,8-14H2,1H3/t15-,17+,18-/m1/s1. The maximum Gasteiger partial charge on any atom is 0.154 e. The van der Waals surface area contributed by atoms with E-state index in [0.29, 0.717) is 24.3 Å². The lowest BCUT2D eigenvalue weighted by Gasteiger charge is -2.37.